The van der Waals surface area contributed by atoms with Crippen LogP contribution in [0.5, 0.6) is 0 Å². The summed E-state index contributed by atoms with van der Waals surface area (Å²) in [5, 5.41) is 1.90. The van der Waals surface area contributed by atoms with E-state index in [1.54, 1.807) is 0 Å². The molecule has 0 aliphatic carbocycles. The predicted molar refractivity (Wildman–Crippen MR) is 62.8 cm³/mol. The third-order valence-electron chi connectivity index (χ3n) is 2.27. The number of allylic oxidation sites excluding steroid dienone is 1. The molecule has 3 heteroatoms. The average Bonchev–Trinajstić information content (AvgIpc) is 2.66. The number of rotatable bonds is 7. The van der Waals surface area contributed by atoms with E-state index in [0.717, 1.165) is 43.8 Å². The number of aldehydes is 2. The molecule has 0 saturated carbocycles. The second-order valence-corrected chi connectivity index (χ2v) is 4.22. The smallest absolute Gasteiger partial charge is 0.160 e. The Balaban J connectivity index is 2.60. The number of hydrogen-bond donors (Lipinski definition) is 0. The number of thiophene rings is 1. The van der Waals surface area contributed by atoms with Crippen LogP contribution >= 0.6 is 11.3 Å². The summed E-state index contributed by atoms with van der Waals surface area (Å²) >= 11 is 1.35. The third-order valence-corrected chi connectivity index (χ3v) is 3.24. The van der Waals surface area contributed by atoms with Crippen LogP contribution in [0.4, 0.5) is 0 Å². The normalized spacial score (nSPS) is 9.87. The minimum absolute atomic E-state index is 0.545. The molecule has 0 unspecified atom stereocenters. The Morgan fingerprint density at radius 3 is 2.67 bits per heavy atom. The van der Waals surface area contributed by atoms with Crippen molar-refractivity contribution in [1.82, 2.24) is 0 Å². The molecule has 0 radical (unpaired) electrons. The van der Waals surface area contributed by atoms with Gasteiger partial charge in [-0.15, -0.1) is 17.9 Å². The zero-order valence-electron chi connectivity index (χ0n) is 8.57. The highest BCUT2D eigenvalue weighted by molar-refractivity contribution is 7.12. The fourth-order valence-electron chi connectivity index (χ4n) is 1.44. The maximum Gasteiger partial charge on any atom is 0.160 e. The fraction of sp³-hybridized carbons (Fsp3) is 0.333. The molecule has 0 spiro atoms. The lowest BCUT2D eigenvalue weighted by atomic mass is 10.1. The van der Waals surface area contributed by atoms with E-state index in [1.807, 2.05) is 11.5 Å². The van der Waals surface area contributed by atoms with Gasteiger partial charge >= 0.3 is 0 Å². The molecule has 0 aliphatic heterocycles. The Morgan fingerprint density at radius 2 is 2.07 bits per heavy atom. The Hall–Kier alpha value is -1.22. The number of carbonyl (C=O) groups excluding carboxylic acids is 2. The van der Waals surface area contributed by atoms with Gasteiger partial charge in [-0.1, -0.05) is 6.08 Å². The lowest BCUT2D eigenvalue weighted by Gasteiger charge is -1.98. The fourth-order valence-corrected chi connectivity index (χ4v) is 2.32. The number of aryl methyl sites for hydroxylation is 1. The molecule has 0 aliphatic rings. The van der Waals surface area contributed by atoms with E-state index in [0.29, 0.717) is 10.4 Å². The Labute approximate surface area is 93.6 Å². The monoisotopic (exact) mass is 222 g/mol. The molecule has 15 heavy (non-hydrogen) atoms. The molecule has 0 amide bonds. The molecule has 1 aromatic heterocycles. The maximum atomic E-state index is 10.8. The van der Waals surface area contributed by atoms with Crippen LogP contribution < -0.4 is 0 Å². The van der Waals surface area contributed by atoms with Crippen molar-refractivity contribution in [3.63, 3.8) is 0 Å². The van der Waals surface area contributed by atoms with Gasteiger partial charge in [0.2, 0.25) is 0 Å². The lowest BCUT2D eigenvalue weighted by Crippen LogP contribution is -1.91. The number of unbranched alkanes of at least 4 members (excludes halogenated alkanes) is 2. The molecular weight excluding hydrogens is 208 g/mol. The van der Waals surface area contributed by atoms with Gasteiger partial charge in [-0.05, 0) is 36.6 Å². The van der Waals surface area contributed by atoms with Gasteiger partial charge in [0, 0.05) is 5.56 Å². The van der Waals surface area contributed by atoms with Gasteiger partial charge in [0.15, 0.2) is 12.6 Å². The average molecular weight is 222 g/mol. The first kappa shape index (κ1) is 11.9. The molecule has 0 atom stereocenters. The minimum atomic E-state index is 0.545. The van der Waals surface area contributed by atoms with Crippen LogP contribution in [0.25, 0.3) is 0 Å². The summed E-state index contributed by atoms with van der Waals surface area (Å²) in [6.45, 7) is 3.66. The molecule has 1 rings (SSSR count). The van der Waals surface area contributed by atoms with Gasteiger partial charge in [-0.3, -0.25) is 9.59 Å². The van der Waals surface area contributed by atoms with E-state index in [4.69, 9.17) is 0 Å². The van der Waals surface area contributed by atoms with E-state index in [9.17, 15) is 9.59 Å². The first-order valence-corrected chi connectivity index (χ1v) is 5.83. The molecule has 1 heterocycles. The highest BCUT2D eigenvalue weighted by atomic mass is 32.1. The molecule has 80 valence electrons. The molecule has 0 aromatic carbocycles. The van der Waals surface area contributed by atoms with Crippen LogP contribution in [0, 0.1) is 0 Å². The second kappa shape index (κ2) is 6.30. The van der Waals surface area contributed by atoms with Gasteiger partial charge in [0.1, 0.15) is 0 Å². The number of hydrogen-bond acceptors (Lipinski definition) is 3. The van der Waals surface area contributed by atoms with Gasteiger partial charge in [0.05, 0.1) is 4.88 Å². The van der Waals surface area contributed by atoms with Crippen LogP contribution in [0.2, 0.25) is 0 Å². The van der Waals surface area contributed by atoms with E-state index in [2.05, 4.69) is 6.58 Å². The van der Waals surface area contributed by atoms with Gasteiger partial charge in [-0.25, -0.2) is 0 Å². The molecule has 1 aromatic rings. The predicted octanol–water partition coefficient (Wildman–Crippen LogP) is 3.27. The summed E-state index contributed by atoms with van der Waals surface area (Å²) in [5.41, 5.74) is 1.58. The molecular formula is C12H14O2S. The molecule has 0 N–H and O–H groups in total. The quantitative estimate of drug-likeness (QED) is 0.403. The third kappa shape index (κ3) is 3.13. The van der Waals surface area contributed by atoms with Crippen LogP contribution in [0.1, 0.15) is 44.9 Å². The SMILES string of the molecule is C=CCCCCc1csc(C=O)c1C=O. The van der Waals surface area contributed by atoms with Crippen LogP contribution in [0.15, 0.2) is 18.0 Å². The van der Waals surface area contributed by atoms with Gasteiger partial charge in [0.25, 0.3) is 0 Å². The number of carbonyl (C=O) groups is 2. The minimum Gasteiger partial charge on any atom is -0.298 e. The topological polar surface area (TPSA) is 34.1 Å². The Bertz CT molecular complexity index is 353. The maximum absolute atomic E-state index is 10.8. The summed E-state index contributed by atoms with van der Waals surface area (Å²) in [7, 11) is 0. The highest BCUT2D eigenvalue weighted by Gasteiger charge is 2.09. The summed E-state index contributed by atoms with van der Waals surface area (Å²) < 4.78 is 0. The van der Waals surface area contributed by atoms with E-state index >= 15 is 0 Å². The van der Waals surface area contributed by atoms with E-state index < -0.39 is 0 Å². The van der Waals surface area contributed by atoms with Crippen molar-refractivity contribution in [2.24, 2.45) is 0 Å². The Kier molecular flexibility index (Phi) is 4.98. The molecule has 0 saturated heterocycles. The van der Waals surface area contributed by atoms with Crippen LogP contribution in [-0.4, -0.2) is 12.6 Å². The molecule has 0 fully saturated rings. The summed E-state index contributed by atoms with van der Waals surface area (Å²) in [6, 6.07) is 0. The lowest BCUT2D eigenvalue weighted by molar-refractivity contribution is 0.109. The van der Waals surface area contributed by atoms with Crippen molar-refractivity contribution in [1.29, 1.82) is 0 Å². The summed E-state index contributed by atoms with van der Waals surface area (Å²) in [6.07, 6.45) is 7.40. The van der Waals surface area contributed by atoms with Crippen molar-refractivity contribution >= 4 is 23.9 Å². The van der Waals surface area contributed by atoms with Gasteiger partial charge < -0.3 is 0 Å². The largest absolute Gasteiger partial charge is 0.298 e. The van der Waals surface area contributed by atoms with Crippen molar-refractivity contribution < 1.29 is 9.59 Å². The second-order valence-electron chi connectivity index (χ2n) is 3.31. The van der Waals surface area contributed by atoms with Crippen molar-refractivity contribution in [2.75, 3.05) is 0 Å². The standard InChI is InChI=1S/C12H14O2S/c1-2-3-4-5-6-10-9-15-12(8-14)11(10)7-13/h2,7-9H,1,3-6H2. The van der Waals surface area contributed by atoms with Crippen LogP contribution in [0.3, 0.4) is 0 Å². The summed E-state index contributed by atoms with van der Waals surface area (Å²) in [4.78, 5) is 21.9. The molecule has 2 nitrogen and oxygen atoms in total. The zero-order chi connectivity index (χ0) is 11.1. The highest BCUT2D eigenvalue weighted by Crippen LogP contribution is 2.21. The van der Waals surface area contributed by atoms with Crippen molar-refractivity contribution in [3.05, 3.63) is 34.0 Å². The van der Waals surface area contributed by atoms with E-state index in [1.165, 1.54) is 11.3 Å². The van der Waals surface area contributed by atoms with Crippen LogP contribution in [-0.2, 0) is 6.42 Å². The van der Waals surface area contributed by atoms with Crippen molar-refractivity contribution in [3.8, 4) is 0 Å². The Morgan fingerprint density at radius 1 is 1.27 bits per heavy atom. The first-order valence-electron chi connectivity index (χ1n) is 4.95. The van der Waals surface area contributed by atoms with E-state index in [-0.39, 0.29) is 0 Å². The van der Waals surface area contributed by atoms with Gasteiger partial charge in [-0.2, -0.15) is 0 Å². The zero-order valence-corrected chi connectivity index (χ0v) is 9.39. The molecule has 0 bridgehead atoms. The first-order chi connectivity index (χ1) is 7.33. The van der Waals surface area contributed by atoms with Crippen molar-refractivity contribution in [2.45, 2.75) is 25.7 Å². The summed E-state index contributed by atoms with van der Waals surface area (Å²) in [5.74, 6) is 0.